The number of hydrogen-bond acceptors (Lipinski definition) is 5. The van der Waals surface area contributed by atoms with Gasteiger partial charge in [0, 0.05) is 12.1 Å². The highest BCUT2D eigenvalue weighted by Gasteiger charge is 2.24. The molecule has 0 aliphatic carbocycles. The molecule has 0 amide bonds. The van der Waals surface area contributed by atoms with E-state index < -0.39 is 11.3 Å². The maximum absolute atomic E-state index is 13.0. The van der Waals surface area contributed by atoms with E-state index >= 15 is 0 Å². The maximum Gasteiger partial charge on any atom is 0.271 e. The van der Waals surface area contributed by atoms with Gasteiger partial charge in [0.1, 0.15) is 17.4 Å². The summed E-state index contributed by atoms with van der Waals surface area (Å²) in [5.41, 5.74) is -0.123. The number of nitriles is 1. The highest BCUT2D eigenvalue weighted by molar-refractivity contribution is 6.11. The van der Waals surface area contributed by atoms with E-state index in [-0.39, 0.29) is 29.1 Å². The molecule has 28 heavy (non-hydrogen) atoms. The van der Waals surface area contributed by atoms with Crippen molar-refractivity contribution in [1.82, 2.24) is 4.57 Å². The lowest BCUT2D eigenvalue weighted by molar-refractivity contribution is 0.103. The normalized spacial score (nSPS) is 10.5. The van der Waals surface area contributed by atoms with Crippen LogP contribution in [0.2, 0.25) is 0 Å². The van der Waals surface area contributed by atoms with Crippen LogP contribution in [0.3, 0.4) is 0 Å². The monoisotopic (exact) mass is 382 g/mol. The molecular weight excluding hydrogens is 356 g/mol. The third kappa shape index (κ3) is 4.42. The Morgan fingerprint density at radius 3 is 2.43 bits per heavy atom. The van der Waals surface area contributed by atoms with Crippen LogP contribution in [-0.2, 0) is 6.54 Å². The van der Waals surface area contributed by atoms with Crippen LogP contribution >= 0.6 is 0 Å². The van der Waals surface area contributed by atoms with Gasteiger partial charge in [0.15, 0.2) is 5.78 Å². The van der Waals surface area contributed by atoms with E-state index in [1.807, 2.05) is 19.9 Å². The molecule has 2 rings (SSSR count). The van der Waals surface area contributed by atoms with E-state index in [0.29, 0.717) is 24.3 Å². The molecule has 2 aromatic rings. The highest BCUT2D eigenvalue weighted by Crippen LogP contribution is 2.26. The molecule has 0 aliphatic rings. The summed E-state index contributed by atoms with van der Waals surface area (Å²) < 4.78 is 6.65. The molecule has 1 aromatic carbocycles. The van der Waals surface area contributed by atoms with Crippen molar-refractivity contribution in [3.63, 3.8) is 0 Å². The Hall–Kier alpha value is -3.07. The molecule has 0 aliphatic heterocycles. The smallest absolute Gasteiger partial charge is 0.271 e. The van der Waals surface area contributed by atoms with E-state index in [1.165, 1.54) is 6.92 Å². The Morgan fingerprint density at radius 1 is 1.18 bits per heavy atom. The molecule has 6 nitrogen and oxygen atoms in total. The summed E-state index contributed by atoms with van der Waals surface area (Å²) in [6.07, 6.45) is 3.38. The van der Waals surface area contributed by atoms with Gasteiger partial charge in [-0.2, -0.15) is 5.26 Å². The first kappa shape index (κ1) is 21.2. The van der Waals surface area contributed by atoms with Gasteiger partial charge in [-0.25, -0.2) is 0 Å². The van der Waals surface area contributed by atoms with Crippen LogP contribution in [0.15, 0.2) is 29.1 Å². The van der Waals surface area contributed by atoms with Crippen molar-refractivity contribution >= 4 is 5.78 Å². The molecule has 0 unspecified atom stereocenters. The molecular formula is C22H26N2O4. The Kier molecular flexibility index (Phi) is 7.39. The van der Waals surface area contributed by atoms with Crippen LogP contribution in [-0.4, -0.2) is 22.1 Å². The number of carbonyl (C=O) groups is 1. The second-order valence-electron chi connectivity index (χ2n) is 6.68. The molecule has 0 atom stereocenters. The fourth-order valence-corrected chi connectivity index (χ4v) is 3.02. The van der Waals surface area contributed by atoms with Gasteiger partial charge in [-0.3, -0.25) is 14.2 Å². The quantitative estimate of drug-likeness (QED) is 0.524. The van der Waals surface area contributed by atoms with Crippen molar-refractivity contribution in [2.24, 2.45) is 0 Å². The van der Waals surface area contributed by atoms with E-state index in [9.17, 15) is 20.0 Å². The number of benzene rings is 1. The summed E-state index contributed by atoms with van der Waals surface area (Å²) in [5.74, 6) is -0.159. The summed E-state index contributed by atoms with van der Waals surface area (Å²) >= 11 is 0. The van der Waals surface area contributed by atoms with Gasteiger partial charge < -0.3 is 9.84 Å². The van der Waals surface area contributed by atoms with Crippen molar-refractivity contribution in [2.45, 2.75) is 53.0 Å². The molecule has 1 N–H and O–H groups in total. The van der Waals surface area contributed by atoms with Crippen LogP contribution in [0.1, 0.15) is 66.6 Å². The Bertz CT molecular complexity index is 937. The molecule has 0 saturated heterocycles. The number of aromatic nitrogens is 1. The van der Waals surface area contributed by atoms with Gasteiger partial charge in [-0.05, 0) is 49.6 Å². The van der Waals surface area contributed by atoms with Gasteiger partial charge in [0.2, 0.25) is 5.88 Å². The Morgan fingerprint density at radius 2 is 1.86 bits per heavy atom. The third-order valence-electron chi connectivity index (χ3n) is 4.60. The van der Waals surface area contributed by atoms with Crippen LogP contribution in [0.25, 0.3) is 0 Å². The molecule has 0 spiro atoms. The Balaban J connectivity index is 2.48. The predicted molar refractivity (Wildman–Crippen MR) is 107 cm³/mol. The number of hydrogen-bond donors (Lipinski definition) is 1. The summed E-state index contributed by atoms with van der Waals surface area (Å²) in [7, 11) is 0. The number of rotatable bonds is 9. The van der Waals surface area contributed by atoms with E-state index in [1.54, 1.807) is 24.3 Å². The van der Waals surface area contributed by atoms with Crippen molar-refractivity contribution in [1.29, 1.82) is 5.26 Å². The lowest BCUT2D eigenvalue weighted by Gasteiger charge is -2.15. The highest BCUT2D eigenvalue weighted by atomic mass is 16.5. The van der Waals surface area contributed by atoms with Gasteiger partial charge in [-0.1, -0.05) is 26.7 Å². The summed E-state index contributed by atoms with van der Waals surface area (Å²) in [6, 6.07) is 8.50. The first-order valence-corrected chi connectivity index (χ1v) is 9.60. The minimum atomic E-state index is -0.562. The second-order valence-corrected chi connectivity index (χ2v) is 6.68. The van der Waals surface area contributed by atoms with Crippen LogP contribution in [0, 0.1) is 18.3 Å². The number of ether oxygens (including phenoxy) is 1. The standard InChI is InChI=1S/C22H26N2O4/c1-4-6-7-12-24-21(26)18(14-23)15(3)19(22(24)27)20(25)16-8-10-17(11-9-16)28-13-5-2/h8-11,27H,4-7,12-13H2,1-3H3. The van der Waals surface area contributed by atoms with E-state index in [0.717, 1.165) is 23.8 Å². The van der Waals surface area contributed by atoms with Crippen molar-refractivity contribution in [3.8, 4) is 17.7 Å². The first-order chi connectivity index (χ1) is 13.5. The third-order valence-corrected chi connectivity index (χ3v) is 4.60. The van der Waals surface area contributed by atoms with E-state index in [2.05, 4.69) is 0 Å². The fourth-order valence-electron chi connectivity index (χ4n) is 3.02. The minimum Gasteiger partial charge on any atom is -0.494 e. The lowest BCUT2D eigenvalue weighted by Crippen LogP contribution is -2.27. The predicted octanol–water partition coefficient (Wildman–Crippen LogP) is 3.94. The molecule has 0 bridgehead atoms. The van der Waals surface area contributed by atoms with Crippen LogP contribution < -0.4 is 10.3 Å². The minimum absolute atomic E-state index is 0.00475. The van der Waals surface area contributed by atoms with Crippen LogP contribution in [0.5, 0.6) is 11.6 Å². The average Bonchev–Trinajstić information content (AvgIpc) is 2.69. The number of pyridine rings is 1. The zero-order valence-corrected chi connectivity index (χ0v) is 16.6. The second kappa shape index (κ2) is 9.75. The van der Waals surface area contributed by atoms with Gasteiger partial charge in [-0.15, -0.1) is 0 Å². The molecule has 148 valence electrons. The number of aromatic hydroxyl groups is 1. The molecule has 1 heterocycles. The van der Waals surface area contributed by atoms with Gasteiger partial charge in [0.25, 0.3) is 5.56 Å². The molecule has 0 saturated carbocycles. The largest absolute Gasteiger partial charge is 0.494 e. The van der Waals surface area contributed by atoms with Crippen molar-refractivity contribution in [2.75, 3.05) is 6.61 Å². The first-order valence-electron chi connectivity index (χ1n) is 9.60. The molecule has 6 heteroatoms. The van der Waals surface area contributed by atoms with Crippen molar-refractivity contribution in [3.05, 3.63) is 56.9 Å². The SMILES string of the molecule is CCCCCn1c(O)c(C(=O)c2ccc(OCCC)cc2)c(C)c(C#N)c1=O. The molecule has 1 aromatic heterocycles. The summed E-state index contributed by atoms with van der Waals surface area (Å²) in [5, 5.41) is 20.1. The van der Waals surface area contributed by atoms with Crippen LogP contribution in [0.4, 0.5) is 0 Å². The van der Waals surface area contributed by atoms with Crippen molar-refractivity contribution < 1.29 is 14.6 Å². The number of carbonyl (C=O) groups excluding carboxylic acids is 1. The fraction of sp³-hybridized carbons (Fsp3) is 0.409. The molecule has 0 radical (unpaired) electrons. The van der Waals surface area contributed by atoms with E-state index in [4.69, 9.17) is 4.74 Å². The maximum atomic E-state index is 13.0. The van der Waals surface area contributed by atoms with Gasteiger partial charge in [0.05, 0.1) is 12.2 Å². The summed E-state index contributed by atoms with van der Waals surface area (Å²) in [4.78, 5) is 25.6. The lowest BCUT2D eigenvalue weighted by atomic mass is 9.97. The summed E-state index contributed by atoms with van der Waals surface area (Å²) in [6.45, 7) is 6.40. The topological polar surface area (TPSA) is 92.3 Å². The number of nitrogens with zero attached hydrogens (tertiary/aromatic N) is 2. The number of unbranched alkanes of at least 4 members (excludes halogenated alkanes) is 2. The zero-order valence-electron chi connectivity index (χ0n) is 16.6. The Labute approximate surface area is 165 Å². The zero-order chi connectivity index (χ0) is 20.7. The van der Waals surface area contributed by atoms with Gasteiger partial charge >= 0.3 is 0 Å². The average molecular weight is 382 g/mol. The number of ketones is 1. The molecule has 0 fully saturated rings.